The van der Waals surface area contributed by atoms with Crippen molar-refractivity contribution in [1.82, 2.24) is 15.2 Å². The smallest absolute Gasteiger partial charge is 0.274 e. The van der Waals surface area contributed by atoms with Gasteiger partial charge in [-0.2, -0.15) is 0 Å². The molecule has 0 bridgehead atoms. The van der Waals surface area contributed by atoms with Crippen molar-refractivity contribution in [2.24, 2.45) is 0 Å². The van der Waals surface area contributed by atoms with Crippen molar-refractivity contribution in [1.29, 1.82) is 0 Å². The Bertz CT molecular complexity index is 1510. The summed E-state index contributed by atoms with van der Waals surface area (Å²) in [6.45, 7) is 2.47. The van der Waals surface area contributed by atoms with E-state index in [2.05, 4.69) is 41.1 Å². The van der Waals surface area contributed by atoms with Crippen LogP contribution in [0.4, 0.5) is 5.69 Å². The largest absolute Gasteiger partial charge is 0.487 e. The molecule has 1 aromatic heterocycles. The first kappa shape index (κ1) is 30.4. The van der Waals surface area contributed by atoms with Crippen LogP contribution in [0.5, 0.6) is 5.75 Å². The molecule has 4 N–H and O–H groups in total. The lowest BCUT2D eigenvalue weighted by molar-refractivity contribution is -0.0382. The zero-order valence-corrected chi connectivity index (χ0v) is 26.0. The Kier molecular flexibility index (Phi) is 9.10. The van der Waals surface area contributed by atoms with Gasteiger partial charge in [0.25, 0.3) is 11.5 Å². The minimum atomic E-state index is -0.846. The van der Waals surface area contributed by atoms with Crippen molar-refractivity contribution in [3.05, 3.63) is 93.4 Å². The van der Waals surface area contributed by atoms with Crippen molar-refractivity contribution in [2.75, 3.05) is 18.9 Å². The average Bonchev–Trinajstić information content (AvgIpc) is 3.57. The SMILES string of the molecule is CCc1ccc2c(c1)C(NC[C@@H](O)[C@H](Cc1ccccc1)NC(=O)c1cc(NC)c(=O)n(C3CCCC3)c1)CC1(CCC1)O2. The number of amides is 1. The van der Waals surface area contributed by atoms with Gasteiger partial charge in [0.05, 0.1) is 17.7 Å². The van der Waals surface area contributed by atoms with Gasteiger partial charge in [-0.15, -0.1) is 0 Å². The second-order valence-corrected chi connectivity index (χ2v) is 12.9. The van der Waals surface area contributed by atoms with Crippen molar-refractivity contribution >= 4 is 11.6 Å². The summed E-state index contributed by atoms with van der Waals surface area (Å²) in [7, 11) is 1.71. The van der Waals surface area contributed by atoms with Gasteiger partial charge in [0.1, 0.15) is 17.0 Å². The number of pyridine rings is 1. The number of rotatable bonds is 11. The summed E-state index contributed by atoms with van der Waals surface area (Å²) in [5.74, 6) is 0.637. The van der Waals surface area contributed by atoms with Crippen LogP contribution in [0, 0.1) is 0 Å². The molecule has 1 aliphatic heterocycles. The van der Waals surface area contributed by atoms with Gasteiger partial charge in [0.2, 0.25) is 0 Å². The maximum Gasteiger partial charge on any atom is 0.274 e. The number of aryl methyl sites for hydroxylation is 1. The molecule has 8 heteroatoms. The third kappa shape index (κ3) is 6.42. The minimum absolute atomic E-state index is 0.0569. The number of hydrogen-bond donors (Lipinski definition) is 4. The molecule has 1 amide bonds. The second-order valence-electron chi connectivity index (χ2n) is 12.9. The van der Waals surface area contributed by atoms with Gasteiger partial charge in [-0.3, -0.25) is 9.59 Å². The summed E-state index contributed by atoms with van der Waals surface area (Å²) >= 11 is 0. The summed E-state index contributed by atoms with van der Waals surface area (Å²) in [5.41, 5.74) is 4.02. The molecule has 44 heavy (non-hydrogen) atoms. The topological polar surface area (TPSA) is 105 Å². The molecule has 0 radical (unpaired) electrons. The van der Waals surface area contributed by atoms with Crippen LogP contribution in [0.2, 0.25) is 0 Å². The van der Waals surface area contributed by atoms with Crippen LogP contribution in [-0.4, -0.2) is 46.9 Å². The summed E-state index contributed by atoms with van der Waals surface area (Å²) in [6, 6.07) is 17.6. The van der Waals surface area contributed by atoms with E-state index in [1.165, 1.54) is 12.0 Å². The van der Waals surface area contributed by atoms with Gasteiger partial charge >= 0.3 is 0 Å². The number of aromatic nitrogens is 1. The molecule has 1 spiro atoms. The number of aliphatic hydroxyl groups is 1. The number of hydrogen-bond acceptors (Lipinski definition) is 6. The maximum absolute atomic E-state index is 13.8. The molecule has 2 aromatic carbocycles. The molecule has 2 heterocycles. The molecular weight excluding hydrogens is 552 g/mol. The molecule has 6 rings (SSSR count). The van der Waals surface area contributed by atoms with E-state index in [-0.39, 0.29) is 29.2 Å². The van der Waals surface area contributed by atoms with E-state index < -0.39 is 12.1 Å². The van der Waals surface area contributed by atoms with Crippen LogP contribution in [0.25, 0.3) is 0 Å². The second kappa shape index (κ2) is 13.2. The lowest BCUT2D eigenvalue weighted by Gasteiger charge is -2.48. The van der Waals surface area contributed by atoms with Crippen LogP contribution >= 0.6 is 0 Å². The van der Waals surface area contributed by atoms with Crippen LogP contribution in [0.1, 0.15) is 97.4 Å². The lowest BCUT2D eigenvalue weighted by atomic mass is 9.72. The summed E-state index contributed by atoms with van der Waals surface area (Å²) in [4.78, 5) is 26.8. The fourth-order valence-corrected chi connectivity index (χ4v) is 7.17. The van der Waals surface area contributed by atoms with E-state index >= 15 is 0 Å². The number of fused-ring (bicyclic) bond motifs is 1. The Morgan fingerprint density at radius 2 is 1.84 bits per heavy atom. The van der Waals surface area contributed by atoms with Crippen LogP contribution in [0.15, 0.2) is 65.6 Å². The molecule has 1 unspecified atom stereocenters. The fourth-order valence-electron chi connectivity index (χ4n) is 7.17. The molecule has 3 atom stereocenters. The van der Waals surface area contributed by atoms with Gasteiger partial charge < -0.3 is 30.4 Å². The van der Waals surface area contributed by atoms with Gasteiger partial charge in [-0.1, -0.05) is 62.2 Å². The number of nitrogens with one attached hydrogen (secondary N) is 3. The lowest BCUT2D eigenvalue weighted by Crippen LogP contribution is -2.52. The Hall–Kier alpha value is -3.62. The number of ether oxygens (including phenoxy) is 1. The van der Waals surface area contributed by atoms with Crippen molar-refractivity contribution < 1.29 is 14.6 Å². The molecule has 3 aromatic rings. The van der Waals surface area contributed by atoms with Crippen LogP contribution in [0.3, 0.4) is 0 Å². The summed E-state index contributed by atoms with van der Waals surface area (Å²) in [6.07, 6.45) is 10.4. The molecule has 2 fully saturated rings. The molecule has 2 saturated carbocycles. The Morgan fingerprint density at radius 1 is 1.07 bits per heavy atom. The standard InChI is InChI=1S/C36H46N4O4/c1-3-24-14-15-33-28(18-24)31(21-36(44-33)16-9-17-36)38-22-32(41)29(19-25-10-5-4-6-11-25)39-34(42)26-20-30(37-2)35(43)40(23-26)27-12-7-8-13-27/h4-6,10-11,14-15,18,20,23,27,29,31-32,37-38,41H,3,7-9,12-13,16-17,19,21-22H2,1-2H3,(H,39,42)/t29-,31?,32+/m0/s1. The van der Waals surface area contributed by atoms with Crippen LogP contribution in [-0.2, 0) is 12.8 Å². The number of aliphatic hydroxyl groups excluding tert-OH is 1. The van der Waals surface area contributed by atoms with E-state index in [4.69, 9.17) is 4.74 Å². The zero-order valence-electron chi connectivity index (χ0n) is 26.0. The van der Waals surface area contributed by atoms with E-state index in [9.17, 15) is 14.7 Å². The Morgan fingerprint density at radius 3 is 2.52 bits per heavy atom. The Labute approximate surface area is 260 Å². The number of nitrogens with zero attached hydrogens (tertiary/aromatic N) is 1. The molecule has 234 valence electrons. The molecule has 8 nitrogen and oxygen atoms in total. The average molecular weight is 599 g/mol. The van der Waals surface area contributed by atoms with E-state index in [1.54, 1.807) is 23.9 Å². The van der Waals surface area contributed by atoms with E-state index in [0.29, 0.717) is 24.2 Å². The first-order valence-corrected chi connectivity index (χ1v) is 16.4. The normalized spacial score (nSPS) is 20.3. The van der Waals surface area contributed by atoms with Gasteiger partial charge in [0.15, 0.2) is 0 Å². The minimum Gasteiger partial charge on any atom is -0.487 e. The molecule has 2 aliphatic carbocycles. The first-order valence-electron chi connectivity index (χ1n) is 16.4. The number of carbonyl (C=O) groups excluding carboxylic acids is 1. The number of carbonyl (C=O) groups is 1. The van der Waals surface area contributed by atoms with Crippen molar-refractivity contribution in [3.63, 3.8) is 0 Å². The fraction of sp³-hybridized carbons (Fsp3) is 0.500. The monoisotopic (exact) mass is 598 g/mol. The third-order valence-corrected chi connectivity index (χ3v) is 9.97. The van der Waals surface area contributed by atoms with E-state index in [1.807, 2.05) is 30.3 Å². The highest BCUT2D eigenvalue weighted by Crippen LogP contribution is 2.49. The Balaban J connectivity index is 1.22. The van der Waals surface area contributed by atoms with Crippen molar-refractivity contribution in [3.8, 4) is 5.75 Å². The predicted octanol–water partition coefficient (Wildman–Crippen LogP) is 5.31. The molecule has 0 saturated heterocycles. The summed E-state index contributed by atoms with van der Waals surface area (Å²) < 4.78 is 8.23. The summed E-state index contributed by atoms with van der Waals surface area (Å²) in [5, 5.41) is 21.4. The number of anilines is 1. The predicted molar refractivity (Wildman–Crippen MR) is 174 cm³/mol. The maximum atomic E-state index is 13.8. The highest BCUT2D eigenvalue weighted by molar-refractivity contribution is 5.95. The molecular formula is C36H46N4O4. The van der Waals surface area contributed by atoms with Gasteiger partial charge in [-0.25, -0.2) is 0 Å². The van der Waals surface area contributed by atoms with Crippen molar-refractivity contribution in [2.45, 2.75) is 101 Å². The molecule has 3 aliphatic rings. The number of benzene rings is 2. The zero-order chi connectivity index (χ0) is 30.7. The first-order chi connectivity index (χ1) is 21.4. The highest BCUT2D eigenvalue weighted by Gasteiger charge is 2.45. The van der Waals surface area contributed by atoms with E-state index in [0.717, 1.165) is 68.2 Å². The quantitative estimate of drug-likeness (QED) is 0.239. The van der Waals surface area contributed by atoms with Gasteiger partial charge in [-0.05, 0) is 68.2 Å². The van der Waals surface area contributed by atoms with Gasteiger partial charge in [0, 0.05) is 43.9 Å². The third-order valence-electron chi connectivity index (χ3n) is 9.97. The van der Waals surface area contributed by atoms with Crippen LogP contribution < -0.4 is 26.2 Å². The highest BCUT2D eigenvalue weighted by atomic mass is 16.5.